The maximum atomic E-state index is 12.8. The molecule has 0 aliphatic rings. The molecule has 0 radical (unpaired) electrons. The van der Waals surface area contributed by atoms with E-state index in [0.717, 1.165) is 51.4 Å². The average Bonchev–Trinajstić information content (AvgIpc) is 3.26. The van der Waals surface area contributed by atoms with Crippen molar-refractivity contribution in [3.63, 3.8) is 0 Å². The van der Waals surface area contributed by atoms with Gasteiger partial charge in [-0.1, -0.05) is 199 Å². The summed E-state index contributed by atoms with van der Waals surface area (Å²) in [6.45, 7) is 4.88. The minimum Gasteiger partial charge on any atom is -0.477 e. The minimum atomic E-state index is -1.51. The molecule has 9 nitrogen and oxygen atoms in total. The third kappa shape index (κ3) is 47.7. The van der Waals surface area contributed by atoms with Gasteiger partial charge in [-0.05, 0) is 64.2 Å². The Morgan fingerprint density at radius 3 is 1.16 bits per heavy atom. The van der Waals surface area contributed by atoms with E-state index in [1.54, 1.807) is 0 Å². The van der Waals surface area contributed by atoms with Gasteiger partial charge >= 0.3 is 17.9 Å². The zero-order valence-corrected chi connectivity index (χ0v) is 42.7. The van der Waals surface area contributed by atoms with Crippen LogP contribution in [-0.4, -0.2) is 87.4 Å². The highest BCUT2D eigenvalue weighted by Crippen LogP contribution is 2.16. The number of quaternary nitrogens is 1. The molecule has 0 aromatic heterocycles. The molecule has 0 rings (SSSR count). The third-order valence-corrected chi connectivity index (χ3v) is 11.9. The molecule has 0 fully saturated rings. The van der Waals surface area contributed by atoms with Crippen molar-refractivity contribution < 1.29 is 42.9 Å². The SMILES string of the molecule is CCCCCCC/C=C\CCCCCCCC(=O)OCC(COC(OCC[N+](C)(C)C)C(=O)O)OC(=O)CCCCCCCCCCCCCCC/C=C\CCCCCCCCCC. The Morgan fingerprint density at radius 1 is 0.453 bits per heavy atom. The lowest BCUT2D eigenvalue weighted by atomic mass is 10.0. The van der Waals surface area contributed by atoms with Crippen LogP contribution in [0.2, 0.25) is 0 Å². The predicted molar refractivity (Wildman–Crippen MR) is 268 cm³/mol. The summed E-state index contributed by atoms with van der Waals surface area (Å²) in [5.74, 6) is -2.00. The lowest BCUT2D eigenvalue weighted by Gasteiger charge is -2.25. The predicted octanol–water partition coefficient (Wildman–Crippen LogP) is 15.2. The van der Waals surface area contributed by atoms with E-state index in [1.165, 1.54) is 173 Å². The van der Waals surface area contributed by atoms with Gasteiger partial charge in [-0.25, -0.2) is 4.79 Å². The van der Waals surface area contributed by atoms with Crippen molar-refractivity contribution in [1.29, 1.82) is 0 Å². The highest BCUT2D eigenvalue weighted by molar-refractivity contribution is 5.71. The number of ether oxygens (including phenoxy) is 4. The van der Waals surface area contributed by atoms with Crippen LogP contribution in [0.25, 0.3) is 0 Å². The second-order valence-electron chi connectivity index (χ2n) is 19.5. The van der Waals surface area contributed by atoms with E-state index in [9.17, 15) is 19.5 Å². The summed E-state index contributed by atoms with van der Waals surface area (Å²) in [6, 6.07) is 0. The second kappa shape index (κ2) is 47.3. The summed E-state index contributed by atoms with van der Waals surface area (Å²) in [5.41, 5.74) is 0. The fourth-order valence-electron chi connectivity index (χ4n) is 7.71. The molecule has 0 aliphatic carbocycles. The minimum absolute atomic E-state index is 0.183. The molecular formula is C55H104NO8+. The van der Waals surface area contributed by atoms with Crippen LogP contribution < -0.4 is 0 Å². The zero-order chi connectivity index (χ0) is 47.0. The molecule has 0 saturated heterocycles. The molecule has 1 N–H and O–H groups in total. The Labute approximate surface area is 395 Å². The van der Waals surface area contributed by atoms with Crippen molar-refractivity contribution in [2.75, 3.05) is 47.5 Å². The van der Waals surface area contributed by atoms with Gasteiger partial charge in [0.25, 0.3) is 6.29 Å². The van der Waals surface area contributed by atoms with Gasteiger partial charge in [0.15, 0.2) is 6.10 Å². The van der Waals surface area contributed by atoms with Gasteiger partial charge < -0.3 is 28.5 Å². The number of nitrogens with zero attached hydrogens (tertiary/aromatic N) is 1. The molecule has 376 valence electrons. The molecule has 0 heterocycles. The van der Waals surface area contributed by atoms with E-state index < -0.39 is 24.3 Å². The van der Waals surface area contributed by atoms with Crippen molar-refractivity contribution >= 4 is 17.9 Å². The Hall–Kier alpha value is -2.23. The van der Waals surface area contributed by atoms with E-state index in [2.05, 4.69) is 38.2 Å². The van der Waals surface area contributed by atoms with Crippen LogP contribution in [0.3, 0.4) is 0 Å². The van der Waals surface area contributed by atoms with E-state index in [-0.39, 0.29) is 32.2 Å². The number of unbranched alkanes of at least 4 members (excludes halogenated alkanes) is 31. The number of aliphatic carboxylic acids is 1. The highest BCUT2D eigenvalue weighted by atomic mass is 16.7. The summed E-state index contributed by atoms with van der Waals surface area (Å²) in [7, 11) is 5.97. The van der Waals surface area contributed by atoms with Crippen molar-refractivity contribution in [2.24, 2.45) is 0 Å². The van der Waals surface area contributed by atoms with Crippen LogP contribution in [0.1, 0.15) is 251 Å². The molecule has 0 amide bonds. The van der Waals surface area contributed by atoms with E-state index in [0.29, 0.717) is 17.4 Å². The second-order valence-corrected chi connectivity index (χ2v) is 19.5. The molecule has 0 bridgehead atoms. The van der Waals surface area contributed by atoms with Crippen LogP contribution in [-0.2, 0) is 33.3 Å². The molecule has 2 atom stereocenters. The first-order valence-electron chi connectivity index (χ1n) is 27.0. The number of carboxylic acids is 1. The summed E-state index contributed by atoms with van der Waals surface area (Å²) < 4.78 is 22.8. The summed E-state index contributed by atoms with van der Waals surface area (Å²) in [6.07, 6.45) is 51.1. The van der Waals surface area contributed by atoms with E-state index in [1.807, 2.05) is 21.1 Å². The Bertz CT molecular complexity index is 1100. The fourth-order valence-corrected chi connectivity index (χ4v) is 7.71. The fraction of sp³-hybridized carbons (Fsp3) is 0.873. The standard InChI is InChI=1S/C55H103NO8/c1-6-8-10-12-14-16-18-20-22-23-24-25-26-27-28-29-30-31-32-34-36-38-40-42-44-46-53(58)64-51(50-63-55(54(59)60)61-48-47-56(3,4)5)49-62-52(57)45-43-41-39-37-35-33-21-19-17-15-13-11-9-7-2/h19,21,23-24,51,55H,6-18,20,22,25-50H2,1-5H3/p+1/b21-19-,24-23-. The number of rotatable bonds is 50. The largest absolute Gasteiger partial charge is 0.477 e. The maximum absolute atomic E-state index is 12.8. The number of carbonyl (C=O) groups excluding carboxylic acids is 2. The lowest BCUT2D eigenvalue weighted by molar-refractivity contribution is -0.870. The number of carboxylic acid groups (broad SMARTS) is 1. The molecule has 0 aliphatic heterocycles. The maximum Gasteiger partial charge on any atom is 0.361 e. The summed E-state index contributed by atoms with van der Waals surface area (Å²) >= 11 is 0. The molecule has 9 heteroatoms. The zero-order valence-electron chi connectivity index (χ0n) is 42.7. The first-order valence-corrected chi connectivity index (χ1v) is 27.0. The van der Waals surface area contributed by atoms with Gasteiger partial charge in [-0.3, -0.25) is 9.59 Å². The van der Waals surface area contributed by atoms with Crippen LogP contribution in [0.4, 0.5) is 0 Å². The van der Waals surface area contributed by atoms with E-state index >= 15 is 0 Å². The van der Waals surface area contributed by atoms with Gasteiger partial charge in [-0.15, -0.1) is 0 Å². The number of likely N-dealkylation sites (N-methyl/N-ethyl adjacent to an activating group) is 1. The molecule has 0 aromatic rings. The van der Waals surface area contributed by atoms with Crippen LogP contribution in [0.5, 0.6) is 0 Å². The monoisotopic (exact) mass is 907 g/mol. The number of hydrogen-bond donors (Lipinski definition) is 1. The highest BCUT2D eigenvalue weighted by Gasteiger charge is 2.25. The summed E-state index contributed by atoms with van der Waals surface area (Å²) in [5, 5.41) is 9.67. The average molecular weight is 907 g/mol. The van der Waals surface area contributed by atoms with Crippen molar-refractivity contribution in [1.82, 2.24) is 0 Å². The van der Waals surface area contributed by atoms with Crippen molar-refractivity contribution in [2.45, 2.75) is 264 Å². The number of carbonyl (C=O) groups is 3. The number of esters is 2. The molecule has 0 aromatic carbocycles. The van der Waals surface area contributed by atoms with Gasteiger partial charge in [0.1, 0.15) is 13.2 Å². The quantitative estimate of drug-likeness (QED) is 0.0211. The third-order valence-electron chi connectivity index (χ3n) is 11.9. The van der Waals surface area contributed by atoms with Gasteiger partial charge in [0, 0.05) is 12.8 Å². The number of allylic oxidation sites excluding steroid dienone is 4. The molecule has 0 spiro atoms. The Balaban J connectivity index is 4.23. The molecular weight excluding hydrogens is 803 g/mol. The first kappa shape index (κ1) is 61.8. The normalized spacial score (nSPS) is 13.0. The Kier molecular flexibility index (Phi) is 45.6. The van der Waals surface area contributed by atoms with Gasteiger partial charge in [-0.2, -0.15) is 0 Å². The van der Waals surface area contributed by atoms with E-state index in [4.69, 9.17) is 18.9 Å². The first-order chi connectivity index (χ1) is 31.1. The van der Waals surface area contributed by atoms with Gasteiger partial charge in [0.05, 0.1) is 34.4 Å². The van der Waals surface area contributed by atoms with Crippen LogP contribution in [0.15, 0.2) is 24.3 Å². The van der Waals surface area contributed by atoms with Crippen LogP contribution >= 0.6 is 0 Å². The molecule has 0 saturated carbocycles. The van der Waals surface area contributed by atoms with Crippen molar-refractivity contribution in [3.05, 3.63) is 24.3 Å². The summed E-state index contributed by atoms with van der Waals surface area (Å²) in [4.78, 5) is 37.3. The van der Waals surface area contributed by atoms with Gasteiger partial charge in [0.2, 0.25) is 0 Å². The molecule has 64 heavy (non-hydrogen) atoms. The topological polar surface area (TPSA) is 108 Å². The molecule has 2 unspecified atom stereocenters. The van der Waals surface area contributed by atoms with Crippen LogP contribution in [0, 0.1) is 0 Å². The number of hydrogen-bond acceptors (Lipinski definition) is 7. The van der Waals surface area contributed by atoms with Crippen molar-refractivity contribution in [3.8, 4) is 0 Å². The Morgan fingerprint density at radius 2 is 0.797 bits per heavy atom. The smallest absolute Gasteiger partial charge is 0.361 e. The lowest BCUT2D eigenvalue weighted by Crippen LogP contribution is -2.40.